The fourth-order valence-corrected chi connectivity index (χ4v) is 6.46. The van der Waals surface area contributed by atoms with E-state index in [9.17, 15) is 24.8 Å². The molecule has 10 nitrogen and oxygen atoms in total. The third kappa shape index (κ3) is 7.74. The normalized spacial score (nSPS) is 20.7. The maximum absolute atomic E-state index is 13.0. The summed E-state index contributed by atoms with van der Waals surface area (Å²) in [7, 11) is 0. The fourth-order valence-electron chi connectivity index (χ4n) is 6.46. The van der Waals surface area contributed by atoms with E-state index in [-0.39, 0.29) is 30.2 Å². The Morgan fingerprint density at radius 3 is 2.36 bits per heavy atom. The summed E-state index contributed by atoms with van der Waals surface area (Å²) in [5.74, 6) is -0.179. The van der Waals surface area contributed by atoms with Crippen LogP contribution in [0.15, 0.2) is 67.3 Å². The number of nitrogens with zero attached hydrogens (tertiary/aromatic N) is 4. The van der Waals surface area contributed by atoms with Gasteiger partial charge in [0.25, 0.3) is 5.69 Å². The lowest BCUT2D eigenvalue weighted by atomic mass is 9.88. The molecule has 0 radical (unpaired) electrons. The van der Waals surface area contributed by atoms with Gasteiger partial charge in [0, 0.05) is 63.4 Å². The van der Waals surface area contributed by atoms with E-state index < -0.39 is 23.0 Å². The molecule has 1 amide bonds. The maximum atomic E-state index is 13.0. The van der Waals surface area contributed by atoms with Gasteiger partial charge < -0.3 is 19.6 Å². The van der Waals surface area contributed by atoms with E-state index in [0.29, 0.717) is 18.0 Å². The first-order chi connectivity index (χ1) is 20.2. The molecule has 3 unspecified atom stereocenters. The van der Waals surface area contributed by atoms with E-state index in [1.807, 2.05) is 32.0 Å². The Morgan fingerprint density at radius 2 is 1.79 bits per heavy atom. The number of rotatable bonds is 12. The molecular formula is C32H42N4O6. The number of piperidine rings is 1. The van der Waals surface area contributed by atoms with Crippen LogP contribution in [-0.2, 0) is 16.1 Å². The van der Waals surface area contributed by atoms with Gasteiger partial charge in [-0.1, -0.05) is 50.3 Å². The summed E-state index contributed by atoms with van der Waals surface area (Å²) in [6, 6.07) is 15.9. The van der Waals surface area contributed by atoms with Crippen molar-refractivity contribution in [3.05, 3.63) is 88.5 Å². The van der Waals surface area contributed by atoms with Crippen LogP contribution in [0.3, 0.4) is 0 Å². The van der Waals surface area contributed by atoms with Gasteiger partial charge in [-0.05, 0) is 47.9 Å². The smallest absolute Gasteiger partial charge is 0.410 e. The number of benzene rings is 2. The van der Waals surface area contributed by atoms with Crippen molar-refractivity contribution in [1.29, 1.82) is 0 Å². The molecular weight excluding hydrogens is 536 g/mol. The summed E-state index contributed by atoms with van der Waals surface area (Å²) in [6.45, 7) is 12.2. The molecule has 10 heteroatoms. The molecule has 2 heterocycles. The highest BCUT2D eigenvalue weighted by atomic mass is 16.6. The first-order valence-electron chi connectivity index (χ1n) is 14.7. The standard InChI is InChI=1S/C32H42N4O6/c1-4-16-35(32(39)42-22-24-10-12-28(13-11-24)36(40)41)27-14-17-33(18-15-27)19-26-20-34(30(23(2)3)31(37)38)21-29(26)25-8-6-5-7-9-25/h4-13,23,26-27,29-30H,1,14-22H2,2-3H3,(H,37,38). The molecule has 2 aliphatic rings. The Balaban J connectivity index is 1.35. The van der Waals surface area contributed by atoms with Crippen LogP contribution >= 0.6 is 0 Å². The molecule has 0 aliphatic carbocycles. The summed E-state index contributed by atoms with van der Waals surface area (Å²) in [5.41, 5.74) is 1.93. The highest BCUT2D eigenvalue weighted by molar-refractivity contribution is 5.74. The van der Waals surface area contributed by atoms with Crippen LogP contribution in [-0.4, -0.2) is 88.1 Å². The van der Waals surface area contributed by atoms with Crippen LogP contribution in [0, 0.1) is 22.0 Å². The van der Waals surface area contributed by atoms with Gasteiger partial charge in [0.2, 0.25) is 0 Å². The molecule has 2 aromatic carbocycles. The Morgan fingerprint density at radius 1 is 1.12 bits per heavy atom. The number of carboxylic acids is 1. The van der Waals surface area contributed by atoms with Gasteiger partial charge in [-0.2, -0.15) is 0 Å². The predicted molar refractivity (Wildman–Crippen MR) is 160 cm³/mol. The largest absolute Gasteiger partial charge is 0.480 e. The number of carbonyl (C=O) groups is 2. The molecule has 4 rings (SSSR count). The Hall–Kier alpha value is -3.76. The average molecular weight is 579 g/mol. The van der Waals surface area contributed by atoms with Crippen LogP contribution in [0.2, 0.25) is 0 Å². The van der Waals surface area contributed by atoms with Crippen LogP contribution in [0.25, 0.3) is 0 Å². The molecule has 42 heavy (non-hydrogen) atoms. The number of aliphatic carboxylic acids is 1. The van der Waals surface area contributed by atoms with Gasteiger partial charge in [-0.3, -0.25) is 19.8 Å². The van der Waals surface area contributed by atoms with Gasteiger partial charge in [0.05, 0.1) is 4.92 Å². The minimum atomic E-state index is -0.763. The Kier molecular flexibility index (Phi) is 10.7. The monoisotopic (exact) mass is 578 g/mol. The number of non-ortho nitro benzene ring substituents is 1. The predicted octanol–water partition coefficient (Wildman–Crippen LogP) is 5.01. The highest BCUT2D eigenvalue weighted by Crippen LogP contribution is 2.36. The van der Waals surface area contributed by atoms with Crippen molar-refractivity contribution < 1.29 is 24.4 Å². The molecule has 0 saturated carbocycles. The zero-order valence-corrected chi connectivity index (χ0v) is 24.5. The molecule has 0 bridgehead atoms. The van der Waals surface area contributed by atoms with Crippen molar-refractivity contribution in [3.63, 3.8) is 0 Å². The van der Waals surface area contributed by atoms with Crippen molar-refractivity contribution in [2.45, 2.75) is 51.3 Å². The lowest BCUT2D eigenvalue weighted by Gasteiger charge is -2.39. The van der Waals surface area contributed by atoms with Crippen LogP contribution in [0.5, 0.6) is 0 Å². The summed E-state index contributed by atoms with van der Waals surface area (Å²) in [4.78, 5) is 41.9. The molecule has 0 aromatic heterocycles. The highest BCUT2D eigenvalue weighted by Gasteiger charge is 2.41. The minimum absolute atomic E-state index is 0.00727. The van der Waals surface area contributed by atoms with Crippen molar-refractivity contribution in [3.8, 4) is 0 Å². The maximum Gasteiger partial charge on any atom is 0.410 e. The third-order valence-corrected chi connectivity index (χ3v) is 8.54. The average Bonchev–Trinajstić information content (AvgIpc) is 3.38. The topological polar surface area (TPSA) is 116 Å². The quantitative estimate of drug-likeness (QED) is 0.212. The first kappa shape index (κ1) is 31.2. The number of nitro groups is 1. The second-order valence-corrected chi connectivity index (χ2v) is 11.7. The zero-order valence-electron chi connectivity index (χ0n) is 24.5. The number of hydrogen-bond donors (Lipinski definition) is 1. The van der Waals surface area contributed by atoms with E-state index in [1.165, 1.54) is 17.7 Å². The van der Waals surface area contributed by atoms with Gasteiger partial charge in [-0.15, -0.1) is 6.58 Å². The molecule has 2 aliphatic heterocycles. The SMILES string of the molecule is C=CCN(C(=O)OCc1ccc([N+](=O)[O-])cc1)C1CCN(CC2CN(C(C(=O)O)C(C)C)CC2c2ccccc2)CC1. The van der Waals surface area contributed by atoms with Crippen LogP contribution in [0.4, 0.5) is 10.5 Å². The molecule has 2 aromatic rings. The number of nitro benzene ring substituents is 1. The van der Waals surface area contributed by atoms with E-state index in [4.69, 9.17) is 4.74 Å². The van der Waals surface area contributed by atoms with Crippen molar-refractivity contribution in [1.82, 2.24) is 14.7 Å². The van der Waals surface area contributed by atoms with Crippen molar-refractivity contribution in [2.75, 3.05) is 39.3 Å². The van der Waals surface area contributed by atoms with Gasteiger partial charge in [-0.25, -0.2) is 4.79 Å². The number of ether oxygens (including phenoxy) is 1. The minimum Gasteiger partial charge on any atom is -0.480 e. The lowest BCUT2D eigenvalue weighted by Crippen LogP contribution is -2.49. The van der Waals surface area contributed by atoms with Crippen molar-refractivity contribution in [2.24, 2.45) is 11.8 Å². The zero-order chi connectivity index (χ0) is 30.2. The summed E-state index contributed by atoms with van der Waals surface area (Å²) >= 11 is 0. The molecule has 3 atom stereocenters. The molecule has 1 N–H and O–H groups in total. The number of hydrogen-bond acceptors (Lipinski definition) is 7. The van der Waals surface area contributed by atoms with E-state index in [1.54, 1.807) is 23.1 Å². The number of carbonyl (C=O) groups excluding carboxylic acids is 1. The number of carboxylic acid groups (broad SMARTS) is 1. The molecule has 226 valence electrons. The lowest BCUT2D eigenvalue weighted by molar-refractivity contribution is -0.384. The number of likely N-dealkylation sites (tertiary alicyclic amines) is 2. The van der Waals surface area contributed by atoms with E-state index in [2.05, 4.69) is 28.5 Å². The molecule has 2 saturated heterocycles. The summed E-state index contributed by atoms with van der Waals surface area (Å²) in [6.07, 6.45) is 2.88. The number of amides is 1. The summed E-state index contributed by atoms with van der Waals surface area (Å²) in [5, 5.41) is 20.8. The fraction of sp³-hybridized carbons (Fsp3) is 0.500. The van der Waals surface area contributed by atoms with Gasteiger partial charge in [0.1, 0.15) is 12.6 Å². The summed E-state index contributed by atoms with van der Waals surface area (Å²) < 4.78 is 5.57. The Bertz CT molecular complexity index is 1210. The molecule has 0 spiro atoms. The second kappa shape index (κ2) is 14.4. The molecule has 2 fully saturated rings. The van der Waals surface area contributed by atoms with Crippen LogP contribution in [0.1, 0.15) is 43.7 Å². The van der Waals surface area contributed by atoms with Crippen LogP contribution < -0.4 is 0 Å². The van der Waals surface area contributed by atoms with E-state index in [0.717, 1.165) is 45.6 Å². The third-order valence-electron chi connectivity index (χ3n) is 8.54. The Labute approximate surface area is 247 Å². The second-order valence-electron chi connectivity index (χ2n) is 11.7. The first-order valence-corrected chi connectivity index (χ1v) is 14.7. The van der Waals surface area contributed by atoms with E-state index >= 15 is 0 Å². The van der Waals surface area contributed by atoms with Crippen molar-refractivity contribution >= 4 is 17.7 Å². The van der Waals surface area contributed by atoms with Gasteiger partial charge in [0.15, 0.2) is 0 Å². The van der Waals surface area contributed by atoms with Gasteiger partial charge >= 0.3 is 12.1 Å².